The minimum absolute atomic E-state index is 1.09. The van der Waals surface area contributed by atoms with Gasteiger partial charge in [0.1, 0.15) is 0 Å². The summed E-state index contributed by atoms with van der Waals surface area (Å²) in [7, 11) is 0. The molecule has 0 aromatic rings. The molecule has 0 fully saturated rings. The number of unbranched alkanes of at least 4 members (excludes halogenated alkanes) is 1. The second kappa shape index (κ2) is 11.0. The van der Waals surface area contributed by atoms with Crippen LogP contribution in [0.4, 0.5) is 0 Å². The van der Waals surface area contributed by atoms with Crippen LogP contribution in [0.1, 0.15) is 19.8 Å². The van der Waals surface area contributed by atoms with Crippen LogP contribution in [-0.4, -0.2) is 6.54 Å². The number of hydrogen-bond acceptors (Lipinski definition) is 3. The fraction of sp³-hybridized carbons (Fsp3) is 1.00. The fourth-order valence-electron chi connectivity index (χ4n) is 0.250. The van der Waals surface area contributed by atoms with E-state index in [1.807, 2.05) is 0 Å². The maximum atomic E-state index is 8.56. The number of rotatable bonds is 2. The van der Waals surface area contributed by atoms with E-state index in [1.54, 1.807) is 0 Å². The van der Waals surface area contributed by atoms with E-state index in [9.17, 15) is 0 Å². The third kappa shape index (κ3) is 68.2. The molecule has 56 valence electrons. The Balaban J connectivity index is 0. The summed E-state index contributed by atoms with van der Waals surface area (Å²) in [5, 5.41) is 0. The van der Waals surface area contributed by atoms with E-state index in [4.69, 9.17) is 11.4 Å². The predicted molar refractivity (Wildman–Crippen MR) is 24.0 cm³/mol. The first-order valence-electron chi connectivity index (χ1n) is 2.75. The summed E-state index contributed by atoms with van der Waals surface area (Å²) in [5.41, 5.74) is 3.68. The Kier molecular flexibility index (Phi) is 14.5. The van der Waals surface area contributed by atoms with Gasteiger partial charge in [0.25, 0.3) is 0 Å². The van der Waals surface area contributed by atoms with Gasteiger partial charge in [-0.1, -0.05) is 13.3 Å². The summed E-state index contributed by atoms with van der Waals surface area (Å²) >= 11 is -3.94. The van der Waals surface area contributed by atoms with Crippen molar-refractivity contribution in [3.8, 4) is 0 Å². The zero-order chi connectivity index (χ0) is 7.70. The Labute approximate surface area is 59.4 Å². The zero-order valence-corrected chi connectivity index (χ0v) is 6.90. The first-order chi connectivity index (χ1) is 4.15. The first kappa shape index (κ1) is 11.8. The van der Waals surface area contributed by atoms with Crippen molar-refractivity contribution in [2.24, 2.45) is 0 Å². The molecule has 4 nitrogen and oxygen atoms in total. The van der Waals surface area contributed by atoms with Crippen LogP contribution in [0.5, 0.6) is 0 Å². The van der Waals surface area contributed by atoms with E-state index in [0.717, 1.165) is 6.54 Å². The molecule has 0 heterocycles. The summed E-state index contributed by atoms with van der Waals surface area (Å²) in [6.45, 7) is 3.27. The van der Waals surface area contributed by atoms with Crippen LogP contribution >= 0.6 is 0 Å². The number of hydrogen-bond donors (Lipinski definition) is 1. The molecule has 5 heteroatoms. The van der Waals surface area contributed by atoms with Crippen LogP contribution in [-0.2, 0) is 22.7 Å². The predicted octanol–water partition coefficient (Wildman–Crippen LogP) is -1.40. The molecular weight excluding hydrogens is 161 g/mol. The van der Waals surface area contributed by atoms with E-state index in [0.29, 0.717) is 0 Å². The fourth-order valence-corrected chi connectivity index (χ4v) is 0.250. The average molecular weight is 173 g/mol. The molecule has 0 unspecified atom stereocenters. The minimum atomic E-state index is -3.94. The van der Waals surface area contributed by atoms with E-state index in [-0.39, 0.29) is 0 Å². The molecule has 0 atom stereocenters. The van der Waals surface area contributed by atoms with Gasteiger partial charge in [0.15, 0.2) is 0 Å². The summed E-state index contributed by atoms with van der Waals surface area (Å²) < 4.78 is 25.7. The normalized spacial score (nSPS) is 7.44. The molecule has 0 saturated heterocycles. The molecule has 3 N–H and O–H groups in total. The van der Waals surface area contributed by atoms with Crippen LogP contribution in [0.25, 0.3) is 0 Å². The van der Waals surface area contributed by atoms with E-state index in [2.05, 4.69) is 12.7 Å². The topological polar surface area (TPSA) is 84.8 Å². The monoisotopic (exact) mass is 173 g/mol. The van der Waals surface area contributed by atoms with Gasteiger partial charge < -0.3 is 5.73 Å². The molecule has 9 heavy (non-hydrogen) atoms. The van der Waals surface area contributed by atoms with E-state index < -0.39 is 15.4 Å². The molecule has 0 aromatic carbocycles. The van der Waals surface area contributed by atoms with Gasteiger partial charge in [-0.15, -0.1) is 0 Å². The Bertz CT molecular complexity index is 92.0. The number of quaternary nitrogens is 1. The molecule has 0 spiro atoms. The second-order valence-electron chi connectivity index (χ2n) is 1.43. The molecule has 0 aliphatic carbocycles. The summed E-state index contributed by atoms with van der Waals surface area (Å²) in [6.07, 6.45) is 2.56. The molecule has 0 aliphatic heterocycles. The van der Waals surface area contributed by atoms with Crippen molar-refractivity contribution in [1.82, 2.24) is 0 Å². The summed E-state index contributed by atoms with van der Waals surface area (Å²) in [4.78, 5) is 0. The SMILES string of the molecule is CCCC[NH3+].[O]=[V](=[O])[O-]. The van der Waals surface area contributed by atoms with Gasteiger partial charge in [0.2, 0.25) is 0 Å². The van der Waals surface area contributed by atoms with Gasteiger partial charge in [-0.3, -0.25) is 0 Å². The standard InChI is InChI=1S/C4H11N.3O.V/c1-2-3-4-5;;;;/h2-5H2,1H3;;;;/q;;;-1;/p+1. The Morgan fingerprint density at radius 1 is 1.56 bits per heavy atom. The maximum absolute atomic E-state index is 8.56. The van der Waals surface area contributed by atoms with Crippen molar-refractivity contribution in [2.45, 2.75) is 19.8 Å². The Morgan fingerprint density at radius 3 is 1.89 bits per heavy atom. The first-order valence-corrected chi connectivity index (χ1v) is 4.47. The molecular formula is C4H12NO3V. The molecule has 0 radical (unpaired) electrons. The molecule has 0 rings (SSSR count). The van der Waals surface area contributed by atoms with Crippen LogP contribution in [0, 0.1) is 0 Å². The average Bonchev–Trinajstić information content (AvgIpc) is 1.66. The van der Waals surface area contributed by atoms with Crippen LogP contribution < -0.4 is 9.77 Å². The molecule has 0 saturated carbocycles. The van der Waals surface area contributed by atoms with Crippen molar-refractivity contribution in [3.05, 3.63) is 0 Å². The Morgan fingerprint density at radius 2 is 1.89 bits per heavy atom. The molecule has 0 aliphatic rings. The van der Waals surface area contributed by atoms with Gasteiger partial charge in [0, 0.05) is 0 Å². The van der Waals surface area contributed by atoms with Crippen molar-refractivity contribution in [1.29, 1.82) is 0 Å². The molecule has 0 amide bonds. The Hall–Kier alpha value is 0.104. The van der Waals surface area contributed by atoms with Crippen LogP contribution in [0.2, 0.25) is 0 Å². The van der Waals surface area contributed by atoms with Gasteiger partial charge in [-0.2, -0.15) is 0 Å². The van der Waals surface area contributed by atoms with Gasteiger partial charge in [-0.25, -0.2) is 0 Å². The summed E-state index contributed by atoms with van der Waals surface area (Å²) in [6, 6.07) is 0. The van der Waals surface area contributed by atoms with Crippen molar-refractivity contribution >= 4 is 0 Å². The van der Waals surface area contributed by atoms with E-state index >= 15 is 0 Å². The third-order valence-electron chi connectivity index (χ3n) is 0.604. The molecule has 0 bridgehead atoms. The van der Waals surface area contributed by atoms with Crippen LogP contribution in [0.15, 0.2) is 0 Å². The quantitative estimate of drug-likeness (QED) is 0.557. The zero-order valence-electron chi connectivity index (χ0n) is 5.50. The summed E-state index contributed by atoms with van der Waals surface area (Å²) in [5.74, 6) is 0. The van der Waals surface area contributed by atoms with Crippen molar-refractivity contribution < 1.29 is 32.5 Å². The molecule has 0 aromatic heterocycles. The van der Waals surface area contributed by atoms with Gasteiger partial charge >= 0.3 is 26.8 Å². The third-order valence-corrected chi connectivity index (χ3v) is 0.604. The van der Waals surface area contributed by atoms with Gasteiger partial charge in [-0.05, 0) is 6.42 Å². The van der Waals surface area contributed by atoms with Gasteiger partial charge in [0.05, 0.1) is 6.54 Å². The second-order valence-corrected chi connectivity index (χ2v) is 2.13. The van der Waals surface area contributed by atoms with Crippen molar-refractivity contribution in [3.63, 3.8) is 0 Å². The van der Waals surface area contributed by atoms with Crippen LogP contribution in [0.3, 0.4) is 0 Å². The van der Waals surface area contributed by atoms with Crippen molar-refractivity contribution in [2.75, 3.05) is 6.54 Å². The van der Waals surface area contributed by atoms with E-state index in [1.165, 1.54) is 12.8 Å².